The highest BCUT2D eigenvalue weighted by Gasteiger charge is 2.42. The van der Waals surface area contributed by atoms with Gasteiger partial charge in [0.05, 0.1) is 24.9 Å². The van der Waals surface area contributed by atoms with Gasteiger partial charge in [-0.2, -0.15) is 4.98 Å². The summed E-state index contributed by atoms with van der Waals surface area (Å²) >= 11 is 0. The van der Waals surface area contributed by atoms with E-state index in [1.54, 1.807) is 17.3 Å². The maximum Gasteiger partial charge on any atom is 0.410 e. The first-order chi connectivity index (χ1) is 15.2. The van der Waals surface area contributed by atoms with E-state index < -0.39 is 5.60 Å². The molecule has 0 bridgehead atoms. The van der Waals surface area contributed by atoms with E-state index in [9.17, 15) is 4.79 Å². The molecule has 0 atom stereocenters. The number of hydrogen-bond acceptors (Lipinski definition) is 8. The minimum Gasteiger partial charge on any atom is -0.444 e. The zero-order valence-corrected chi connectivity index (χ0v) is 19.2. The summed E-state index contributed by atoms with van der Waals surface area (Å²) in [5.74, 6) is 1.76. The van der Waals surface area contributed by atoms with Crippen LogP contribution in [0.4, 0.5) is 10.7 Å². The van der Waals surface area contributed by atoms with Crippen LogP contribution in [0.1, 0.15) is 39.3 Å². The third-order valence-electron chi connectivity index (χ3n) is 5.53. The van der Waals surface area contributed by atoms with Gasteiger partial charge in [0.2, 0.25) is 11.8 Å². The van der Waals surface area contributed by atoms with Gasteiger partial charge in [-0.3, -0.25) is 4.98 Å². The van der Waals surface area contributed by atoms with Gasteiger partial charge in [0.1, 0.15) is 11.4 Å². The van der Waals surface area contributed by atoms with Crippen LogP contribution >= 0.6 is 0 Å². The van der Waals surface area contributed by atoms with Crippen molar-refractivity contribution < 1.29 is 19.0 Å². The maximum absolute atomic E-state index is 12.5. The Morgan fingerprint density at radius 1 is 1.19 bits per heavy atom. The van der Waals surface area contributed by atoms with Gasteiger partial charge in [-0.25, -0.2) is 9.78 Å². The van der Waals surface area contributed by atoms with Crippen molar-refractivity contribution in [1.82, 2.24) is 19.9 Å². The second-order valence-electron chi connectivity index (χ2n) is 9.36. The highest BCUT2D eigenvalue weighted by Crippen LogP contribution is 2.32. The smallest absolute Gasteiger partial charge is 0.410 e. The van der Waals surface area contributed by atoms with E-state index >= 15 is 0 Å². The highest BCUT2D eigenvalue weighted by atomic mass is 16.6. The number of morpholine rings is 1. The molecule has 172 valence electrons. The van der Waals surface area contributed by atoms with E-state index in [1.165, 1.54) is 0 Å². The predicted molar refractivity (Wildman–Crippen MR) is 119 cm³/mol. The topological polar surface area (TPSA) is 89.9 Å². The Hall–Kier alpha value is -2.94. The minimum absolute atomic E-state index is 0.276. The average molecular weight is 442 g/mol. The van der Waals surface area contributed by atoms with Gasteiger partial charge in [0.25, 0.3) is 0 Å². The first kappa shape index (κ1) is 22.3. The number of anilines is 1. The molecular weight excluding hydrogens is 410 g/mol. The molecule has 2 saturated heterocycles. The summed E-state index contributed by atoms with van der Waals surface area (Å²) in [5, 5.41) is 0. The van der Waals surface area contributed by atoms with Gasteiger partial charge in [-0.15, -0.1) is 0 Å². The number of carbonyl (C=O) groups is 1. The molecule has 0 aromatic carbocycles. The number of aryl methyl sites for hydroxylation is 1. The fourth-order valence-electron chi connectivity index (χ4n) is 3.99. The molecular formula is C23H31N5O4. The number of nitrogens with zero attached hydrogens (tertiary/aromatic N) is 5. The van der Waals surface area contributed by atoms with E-state index in [1.807, 2.05) is 45.9 Å². The molecule has 9 heteroatoms. The Morgan fingerprint density at radius 3 is 2.66 bits per heavy atom. The zero-order valence-electron chi connectivity index (χ0n) is 19.2. The van der Waals surface area contributed by atoms with Crippen LogP contribution in [0.5, 0.6) is 11.6 Å². The van der Waals surface area contributed by atoms with Crippen molar-refractivity contribution in [1.29, 1.82) is 0 Å². The van der Waals surface area contributed by atoms with E-state index in [-0.39, 0.29) is 11.7 Å². The van der Waals surface area contributed by atoms with Crippen LogP contribution in [0.2, 0.25) is 0 Å². The molecule has 9 nitrogen and oxygen atoms in total. The van der Waals surface area contributed by atoms with E-state index in [0.717, 1.165) is 31.6 Å². The van der Waals surface area contributed by atoms with Crippen molar-refractivity contribution in [3.63, 3.8) is 0 Å². The Bertz CT molecular complexity index is 939. The first-order valence-corrected chi connectivity index (χ1v) is 11.0. The van der Waals surface area contributed by atoms with Crippen LogP contribution in [0.15, 0.2) is 30.6 Å². The monoisotopic (exact) mass is 441 g/mol. The van der Waals surface area contributed by atoms with Gasteiger partial charge >= 0.3 is 6.09 Å². The number of aromatic nitrogens is 3. The molecule has 1 spiro atoms. The second-order valence-corrected chi connectivity index (χ2v) is 9.36. The van der Waals surface area contributed by atoms with Crippen molar-refractivity contribution in [3.05, 3.63) is 36.3 Å². The van der Waals surface area contributed by atoms with Crippen LogP contribution in [-0.4, -0.2) is 69.9 Å². The zero-order chi connectivity index (χ0) is 22.8. The summed E-state index contributed by atoms with van der Waals surface area (Å²) in [6, 6.07) is 5.47. The molecule has 2 aliphatic rings. The van der Waals surface area contributed by atoms with Crippen LogP contribution in [-0.2, 0) is 9.47 Å². The quantitative estimate of drug-likeness (QED) is 0.714. The summed E-state index contributed by atoms with van der Waals surface area (Å²) in [6.45, 7) is 10.7. The lowest BCUT2D eigenvalue weighted by Gasteiger charge is -2.47. The number of amides is 1. The molecule has 2 aromatic rings. The summed E-state index contributed by atoms with van der Waals surface area (Å²) in [6.07, 6.45) is 4.63. The Kier molecular flexibility index (Phi) is 6.19. The molecule has 4 rings (SSSR count). The Morgan fingerprint density at radius 2 is 1.97 bits per heavy atom. The van der Waals surface area contributed by atoms with Crippen molar-refractivity contribution in [2.75, 3.05) is 37.7 Å². The molecule has 0 aliphatic carbocycles. The summed E-state index contributed by atoms with van der Waals surface area (Å²) < 4.78 is 17.6. The van der Waals surface area contributed by atoms with Crippen LogP contribution in [0.3, 0.4) is 0 Å². The largest absolute Gasteiger partial charge is 0.444 e. The van der Waals surface area contributed by atoms with Crippen LogP contribution < -0.4 is 9.64 Å². The van der Waals surface area contributed by atoms with Crippen molar-refractivity contribution in [3.8, 4) is 11.6 Å². The second kappa shape index (κ2) is 8.90. The van der Waals surface area contributed by atoms with Gasteiger partial charge in [-0.05, 0) is 52.7 Å². The maximum atomic E-state index is 12.5. The molecule has 4 heterocycles. The molecule has 0 radical (unpaired) electrons. The Balaban J connectivity index is 1.40. The van der Waals surface area contributed by atoms with Crippen molar-refractivity contribution in [2.45, 2.75) is 51.7 Å². The minimum atomic E-state index is -0.510. The van der Waals surface area contributed by atoms with Gasteiger partial charge in [-0.1, -0.05) is 0 Å². The van der Waals surface area contributed by atoms with Crippen LogP contribution in [0.25, 0.3) is 0 Å². The van der Waals surface area contributed by atoms with Gasteiger partial charge < -0.3 is 24.0 Å². The molecule has 2 aromatic heterocycles. The third kappa shape index (κ3) is 5.45. The molecule has 2 aliphatic heterocycles. The SMILES string of the molecule is Cc1cc(Oc2cccnc2)nc(N2CCC3(CC2)CN(C(=O)OC(C)(C)C)CCO3)n1. The number of pyridine rings is 1. The lowest BCUT2D eigenvalue weighted by molar-refractivity contribution is -0.119. The lowest BCUT2D eigenvalue weighted by atomic mass is 9.89. The number of ether oxygens (including phenoxy) is 3. The standard InChI is InChI=1S/C23H31N5O4/c1-17-14-19(31-18-6-5-9-24-15-18)26-20(25-17)27-10-7-23(8-11-27)16-28(12-13-30-23)21(29)32-22(2,3)4/h5-6,9,14-15H,7-8,10-13,16H2,1-4H3. The summed E-state index contributed by atoms with van der Waals surface area (Å²) in [7, 11) is 0. The average Bonchev–Trinajstić information content (AvgIpc) is 2.73. The fraction of sp³-hybridized carbons (Fsp3) is 0.565. The molecule has 1 amide bonds. The molecule has 2 fully saturated rings. The van der Waals surface area contributed by atoms with E-state index in [2.05, 4.69) is 19.9 Å². The lowest BCUT2D eigenvalue weighted by Crippen LogP contribution is -2.58. The molecule has 32 heavy (non-hydrogen) atoms. The van der Waals surface area contributed by atoms with E-state index in [0.29, 0.717) is 37.3 Å². The van der Waals surface area contributed by atoms with Crippen LogP contribution in [0, 0.1) is 6.92 Å². The predicted octanol–water partition coefficient (Wildman–Crippen LogP) is 3.58. The molecule has 0 unspecified atom stereocenters. The number of rotatable bonds is 3. The fourth-order valence-corrected chi connectivity index (χ4v) is 3.99. The molecule has 0 N–H and O–H groups in total. The van der Waals surface area contributed by atoms with Crippen molar-refractivity contribution >= 4 is 12.0 Å². The first-order valence-electron chi connectivity index (χ1n) is 11.0. The normalized spacial score (nSPS) is 18.5. The van der Waals surface area contributed by atoms with E-state index in [4.69, 9.17) is 14.2 Å². The van der Waals surface area contributed by atoms with Crippen molar-refractivity contribution in [2.24, 2.45) is 0 Å². The summed E-state index contributed by atoms with van der Waals surface area (Å²) in [5.41, 5.74) is -0.0339. The Labute approximate surface area is 188 Å². The number of hydrogen-bond donors (Lipinski definition) is 0. The summed E-state index contributed by atoms with van der Waals surface area (Å²) in [4.78, 5) is 29.8. The molecule has 0 saturated carbocycles. The van der Waals surface area contributed by atoms with Gasteiger partial charge in [0, 0.05) is 37.6 Å². The number of carbonyl (C=O) groups excluding carboxylic acids is 1. The number of piperidine rings is 1. The van der Waals surface area contributed by atoms with Gasteiger partial charge in [0.15, 0.2) is 0 Å². The highest BCUT2D eigenvalue weighted by molar-refractivity contribution is 5.68. The third-order valence-corrected chi connectivity index (χ3v) is 5.53.